The summed E-state index contributed by atoms with van der Waals surface area (Å²) in [6, 6.07) is 5.96. The Labute approximate surface area is 123 Å². The van der Waals surface area contributed by atoms with Crippen LogP contribution >= 0.6 is 27.5 Å². The Morgan fingerprint density at radius 1 is 1.28 bits per heavy atom. The van der Waals surface area contributed by atoms with E-state index in [1.54, 1.807) is 0 Å². The predicted molar refractivity (Wildman–Crippen MR) is 82.0 cm³/mol. The highest BCUT2D eigenvalue weighted by molar-refractivity contribution is 9.10. The van der Waals surface area contributed by atoms with E-state index in [4.69, 9.17) is 11.6 Å². The van der Waals surface area contributed by atoms with Gasteiger partial charge in [-0.25, -0.2) is 0 Å². The molecular formula is C15H21BrClN. The van der Waals surface area contributed by atoms with E-state index in [2.05, 4.69) is 28.2 Å². The predicted octanol–water partition coefficient (Wildman–Crippen LogP) is 5.02. The largest absolute Gasteiger partial charge is 0.312 e. The zero-order valence-electron chi connectivity index (χ0n) is 10.9. The van der Waals surface area contributed by atoms with Gasteiger partial charge in [0.1, 0.15) is 0 Å². The minimum absolute atomic E-state index is 0.807. The molecule has 0 atom stereocenters. The van der Waals surface area contributed by atoms with Gasteiger partial charge in [0.05, 0.1) is 0 Å². The van der Waals surface area contributed by atoms with Gasteiger partial charge in [-0.2, -0.15) is 0 Å². The maximum absolute atomic E-state index is 6.01. The number of hydrogen-bond donors (Lipinski definition) is 1. The van der Waals surface area contributed by atoms with Gasteiger partial charge in [0.25, 0.3) is 0 Å². The zero-order valence-corrected chi connectivity index (χ0v) is 13.2. The molecule has 0 spiro atoms. The Hall–Kier alpha value is -0.0500. The van der Waals surface area contributed by atoms with Crippen LogP contribution in [0.1, 0.15) is 38.2 Å². The second kappa shape index (κ2) is 6.93. The first-order valence-electron chi connectivity index (χ1n) is 6.80. The van der Waals surface area contributed by atoms with E-state index in [1.165, 1.54) is 31.2 Å². The highest BCUT2D eigenvalue weighted by atomic mass is 79.9. The molecule has 2 rings (SSSR count). The number of benzene rings is 1. The van der Waals surface area contributed by atoms with Gasteiger partial charge in [-0.1, -0.05) is 47.3 Å². The van der Waals surface area contributed by atoms with Crippen LogP contribution in [-0.4, -0.2) is 6.54 Å². The van der Waals surface area contributed by atoms with E-state index in [0.29, 0.717) is 0 Å². The molecule has 1 nitrogen and oxygen atoms in total. The molecule has 1 aromatic rings. The summed E-state index contributed by atoms with van der Waals surface area (Å²) in [6.07, 6.45) is 5.55. The van der Waals surface area contributed by atoms with Gasteiger partial charge in [-0.3, -0.25) is 0 Å². The van der Waals surface area contributed by atoms with Crippen molar-refractivity contribution in [1.82, 2.24) is 5.32 Å². The van der Waals surface area contributed by atoms with Gasteiger partial charge in [0.15, 0.2) is 0 Å². The van der Waals surface area contributed by atoms with Gasteiger partial charge in [-0.05, 0) is 55.0 Å². The Kier molecular flexibility index (Phi) is 5.53. The third-order valence-electron chi connectivity index (χ3n) is 3.89. The molecular weight excluding hydrogens is 310 g/mol. The lowest BCUT2D eigenvalue weighted by Crippen LogP contribution is -2.25. The fourth-order valence-corrected chi connectivity index (χ4v) is 3.20. The van der Waals surface area contributed by atoms with E-state index in [1.807, 2.05) is 18.2 Å². The van der Waals surface area contributed by atoms with Crippen LogP contribution < -0.4 is 5.32 Å². The summed E-state index contributed by atoms with van der Waals surface area (Å²) in [5.41, 5.74) is 1.24. The first-order valence-corrected chi connectivity index (χ1v) is 7.97. The quantitative estimate of drug-likeness (QED) is 0.817. The molecule has 18 heavy (non-hydrogen) atoms. The molecule has 0 radical (unpaired) electrons. The SMILES string of the molecule is CC1CCC(CNCc2cc(Cl)ccc2Br)CC1. The Morgan fingerprint density at radius 3 is 2.72 bits per heavy atom. The molecule has 1 aliphatic carbocycles. The van der Waals surface area contributed by atoms with Gasteiger partial charge >= 0.3 is 0 Å². The number of nitrogens with one attached hydrogen (secondary N) is 1. The van der Waals surface area contributed by atoms with Gasteiger partial charge in [0, 0.05) is 16.0 Å². The maximum Gasteiger partial charge on any atom is 0.0410 e. The lowest BCUT2D eigenvalue weighted by atomic mass is 9.83. The van der Waals surface area contributed by atoms with Crippen LogP contribution in [-0.2, 0) is 6.54 Å². The van der Waals surface area contributed by atoms with Crippen molar-refractivity contribution < 1.29 is 0 Å². The van der Waals surface area contributed by atoms with Crippen LogP contribution in [0.2, 0.25) is 5.02 Å². The summed E-state index contributed by atoms with van der Waals surface area (Å²) in [4.78, 5) is 0. The smallest absolute Gasteiger partial charge is 0.0410 e. The van der Waals surface area contributed by atoms with Crippen molar-refractivity contribution in [3.63, 3.8) is 0 Å². The monoisotopic (exact) mass is 329 g/mol. The third-order valence-corrected chi connectivity index (χ3v) is 4.90. The van der Waals surface area contributed by atoms with Crippen LogP contribution in [0.25, 0.3) is 0 Å². The van der Waals surface area contributed by atoms with Crippen molar-refractivity contribution in [2.24, 2.45) is 11.8 Å². The molecule has 1 N–H and O–H groups in total. The van der Waals surface area contributed by atoms with Crippen molar-refractivity contribution in [3.8, 4) is 0 Å². The molecule has 3 heteroatoms. The summed E-state index contributed by atoms with van der Waals surface area (Å²) in [5, 5.41) is 4.37. The van der Waals surface area contributed by atoms with E-state index < -0.39 is 0 Å². The second-order valence-corrected chi connectivity index (χ2v) is 6.78. The fraction of sp³-hybridized carbons (Fsp3) is 0.600. The minimum atomic E-state index is 0.807. The molecule has 0 aliphatic heterocycles. The highest BCUT2D eigenvalue weighted by Crippen LogP contribution is 2.28. The van der Waals surface area contributed by atoms with Crippen LogP contribution in [0, 0.1) is 11.8 Å². The van der Waals surface area contributed by atoms with Crippen LogP contribution in [0.4, 0.5) is 0 Å². The summed E-state index contributed by atoms with van der Waals surface area (Å²) in [5.74, 6) is 1.79. The Bertz CT molecular complexity index is 386. The molecule has 1 aliphatic rings. The lowest BCUT2D eigenvalue weighted by molar-refractivity contribution is 0.281. The van der Waals surface area contributed by atoms with Crippen molar-refractivity contribution in [2.45, 2.75) is 39.2 Å². The van der Waals surface area contributed by atoms with Crippen LogP contribution in [0.3, 0.4) is 0 Å². The molecule has 1 aromatic carbocycles. The third kappa shape index (κ3) is 4.25. The van der Waals surface area contributed by atoms with Gasteiger partial charge in [0.2, 0.25) is 0 Å². The van der Waals surface area contributed by atoms with Crippen molar-refractivity contribution in [2.75, 3.05) is 6.54 Å². The Balaban J connectivity index is 1.76. The standard InChI is InChI=1S/C15H21BrClN/c1-11-2-4-12(5-3-11)9-18-10-13-8-14(17)6-7-15(13)16/h6-8,11-12,18H,2-5,9-10H2,1H3. The lowest BCUT2D eigenvalue weighted by Gasteiger charge is -2.26. The van der Waals surface area contributed by atoms with Crippen molar-refractivity contribution in [3.05, 3.63) is 33.3 Å². The highest BCUT2D eigenvalue weighted by Gasteiger charge is 2.17. The first-order chi connectivity index (χ1) is 8.65. The minimum Gasteiger partial charge on any atom is -0.312 e. The van der Waals surface area contributed by atoms with E-state index in [-0.39, 0.29) is 0 Å². The van der Waals surface area contributed by atoms with Crippen molar-refractivity contribution >= 4 is 27.5 Å². The average Bonchev–Trinajstić information content (AvgIpc) is 2.36. The van der Waals surface area contributed by atoms with E-state index >= 15 is 0 Å². The molecule has 100 valence electrons. The molecule has 0 saturated heterocycles. The number of halogens is 2. The molecule has 0 bridgehead atoms. The summed E-state index contributed by atoms with van der Waals surface area (Å²) >= 11 is 9.58. The topological polar surface area (TPSA) is 12.0 Å². The molecule has 0 heterocycles. The second-order valence-electron chi connectivity index (χ2n) is 5.49. The summed E-state index contributed by atoms with van der Waals surface area (Å²) in [6.45, 7) is 4.39. The maximum atomic E-state index is 6.01. The van der Waals surface area contributed by atoms with E-state index in [0.717, 1.165) is 34.4 Å². The molecule has 0 amide bonds. The van der Waals surface area contributed by atoms with Crippen molar-refractivity contribution in [1.29, 1.82) is 0 Å². The number of hydrogen-bond acceptors (Lipinski definition) is 1. The molecule has 1 fully saturated rings. The van der Waals surface area contributed by atoms with Gasteiger partial charge < -0.3 is 5.32 Å². The fourth-order valence-electron chi connectivity index (χ4n) is 2.62. The van der Waals surface area contributed by atoms with Crippen LogP contribution in [0.5, 0.6) is 0 Å². The van der Waals surface area contributed by atoms with E-state index in [9.17, 15) is 0 Å². The summed E-state index contributed by atoms with van der Waals surface area (Å²) < 4.78 is 1.14. The number of rotatable bonds is 4. The zero-order chi connectivity index (χ0) is 13.0. The molecule has 0 aromatic heterocycles. The van der Waals surface area contributed by atoms with Gasteiger partial charge in [-0.15, -0.1) is 0 Å². The normalized spacial score (nSPS) is 24.2. The van der Waals surface area contributed by atoms with Crippen LogP contribution in [0.15, 0.2) is 22.7 Å². The molecule has 1 saturated carbocycles. The average molecular weight is 331 g/mol. The summed E-state index contributed by atoms with van der Waals surface area (Å²) in [7, 11) is 0. The first kappa shape index (κ1) is 14.4. The molecule has 0 unspecified atom stereocenters. The Morgan fingerprint density at radius 2 is 2.00 bits per heavy atom.